The zero-order valence-electron chi connectivity index (χ0n) is 12.1. The summed E-state index contributed by atoms with van der Waals surface area (Å²) < 4.78 is 0. The van der Waals surface area contributed by atoms with Crippen LogP contribution in [0.4, 0.5) is 11.6 Å². The van der Waals surface area contributed by atoms with E-state index < -0.39 is 0 Å². The first kappa shape index (κ1) is 15.2. The summed E-state index contributed by atoms with van der Waals surface area (Å²) in [4.78, 5) is 21.1. The van der Waals surface area contributed by atoms with Gasteiger partial charge < -0.3 is 16.0 Å². The number of hydrogen-bond acceptors (Lipinski definition) is 6. The number of carbonyl (C=O) groups excluding carboxylic acids is 1. The van der Waals surface area contributed by atoms with Crippen LogP contribution in [0.3, 0.4) is 0 Å². The maximum atomic E-state index is 11.7. The quantitative estimate of drug-likeness (QED) is 0.683. The topological polar surface area (TPSA) is 78.9 Å². The van der Waals surface area contributed by atoms with Gasteiger partial charge in [-0.25, -0.2) is 9.97 Å². The second kappa shape index (κ2) is 7.58. The van der Waals surface area contributed by atoms with Gasteiger partial charge in [0.25, 0.3) is 5.91 Å². The van der Waals surface area contributed by atoms with Gasteiger partial charge in [0.05, 0.1) is 4.88 Å². The van der Waals surface area contributed by atoms with E-state index in [1.165, 1.54) is 11.3 Å². The Labute approximate surface area is 128 Å². The number of aryl methyl sites for hydroxylation is 1. The van der Waals surface area contributed by atoms with Crippen LogP contribution in [-0.2, 0) is 0 Å². The van der Waals surface area contributed by atoms with Crippen molar-refractivity contribution in [1.82, 2.24) is 15.3 Å². The SMILES string of the molecule is CCNc1cc(NCCNC(=O)c2cccs2)nc(C)n1. The number of aromatic nitrogens is 2. The molecule has 0 saturated heterocycles. The molecule has 6 nitrogen and oxygen atoms in total. The van der Waals surface area contributed by atoms with Crippen LogP contribution in [0.1, 0.15) is 22.4 Å². The second-order valence-electron chi connectivity index (χ2n) is 4.38. The van der Waals surface area contributed by atoms with Crippen molar-refractivity contribution in [3.8, 4) is 0 Å². The second-order valence-corrected chi connectivity index (χ2v) is 5.32. The van der Waals surface area contributed by atoms with E-state index in [9.17, 15) is 4.79 Å². The van der Waals surface area contributed by atoms with Crippen LogP contribution in [0.2, 0.25) is 0 Å². The standard InChI is InChI=1S/C14H19N5OS/c1-3-15-12-9-13(19-10(2)18-12)16-6-7-17-14(20)11-5-4-8-21-11/h4-5,8-9H,3,6-7H2,1-2H3,(H,17,20)(H2,15,16,18,19). The molecule has 0 bridgehead atoms. The minimum absolute atomic E-state index is 0.0426. The molecule has 0 fully saturated rings. The Morgan fingerprint density at radius 2 is 2.00 bits per heavy atom. The number of amides is 1. The predicted octanol–water partition coefficient (Wildman–Crippen LogP) is 2.12. The molecule has 21 heavy (non-hydrogen) atoms. The minimum Gasteiger partial charge on any atom is -0.370 e. The lowest BCUT2D eigenvalue weighted by molar-refractivity contribution is 0.0959. The molecule has 3 N–H and O–H groups in total. The van der Waals surface area contributed by atoms with Crippen LogP contribution in [0.25, 0.3) is 0 Å². The Morgan fingerprint density at radius 1 is 1.24 bits per heavy atom. The van der Waals surface area contributed by atoms with Gasteiger partial charge in [-0.15, -0.1) is 11.3 Å². The summed E-state index contributed by atoms with van der Waals surface area (Å²) >= 11 is 1.43. The fraction of sp³-hybridized carbons (Fsp3) is 0.357. The minimum atomic E-state index is -0.0426. The molecule has 2 heterocycles. The molecule has 0 aliphatic heterocycles. The molecule has 0 aliphatic rings. The van der Waals surface area contributed by atoms with Crippen molar-refractivity contribution in [2.24, 2.45) is 0 Å². The van der Waals surface area contributed by atoms with Crippen LogP contribution in [0.15, 0.2) is 23.6 Å². The molecule has 0 spiro atoms. The van der Waals surface area contributed by atoms with E-state index in [1.807, 2.05) is 37.4 Å². The summed E-state index contributed by atoms with van der Waals surface area (Å²) in [5.74, 6) is 2.22. The molecule has 2 rings (SSSR count). The van der Waals surface area contributed by atoms with E-state index in [1.54, 1.807) is 0 Å². The van der Waals surface area contributed by atoms with E-state index >= 15 is 0 Å². The highest BCUT2D eigenvalue weighted by Crippen LogP contribution is 2.10. The zero-order chi connectivity index (χ0) is 15.1. The van der Waals surface area contributed by atoms with E-state index in [-0.39, 0.29) is 5.91 Å². The van der Waals surface area contributed by atoms with E-state index in [4.69, 9.17) is 0 Å². The first-order valence-electron chi connectivity index (χ1n) is 6.84. The number of hydrogen-bond donors (Lipinski definition) is 3. The summed E-state index contributed by atoms with van der Waals surface area (Å²) in [7, 11) is 0. The van der Waals surface area contributed by atoms with Crippen LogP contribution >= 0.6 is 11.3 Å². The Hall–Kier alpha value is -2.15. The number of anilines is 2. The monoisotopic (exact) mass is 305 g/mol. The molecule has 0 unspecified atom stereocenters. The van der Waals surface area contributed by atoms with E-state index in [0.717, 1.165) is 23.1 Å². The Bertz CT molecular complexity index is 585. The van der Waals surface area contributed by atoms with Gasteiger partial charge in [-0.1, -0.05) is 6.07 Å². The molecule has 0 saturated carbocycles. The van der Waals surface area contributed by atoms with Crippen molar-refractivity contribution in [2.45, 2.75) is 13.8 Å². The molecule has 1 amide bonds. The Morgan fingerprint density at radius 3 is 2.67 bits per heavy atom. The van der Waals surface area contributed by atoms with E-state index in [0.29, 0.717) is 18.9 Å². The molecule has 0 aromatic carbocycles. The molecular weight excluding hydrogens is 286 g/mol. The highest BCUT2D eigenvalue weighted by Gasteiger charge is 2.05. The number of nitrogens with zero attached hydrogens (tertiary/aromatic N) is 2. The summed E-state index contributed by atoms with van der Waals surface area (Å²) in [5, 5.41) is 11.1. The zero-order valence-corrected chi connectivity index (χ0v) is 13.0. The van der Waals surface area contributed by atoms with Gasteiger partial charge in [0.1, 0.15) is 17.5 Å². The van der Waals surface area contributed by atoms with Crippen molar-refractivity contribution in [3.05, 3.63) is 34.3 Å². The van der Waals surface area contributed by atoms with Crippen LogP contribution in [-0.4, -0.2) is 35.5 Å². The lowest BCUT2D eigenvalue weighted by Gasteiger charge is -2.09. The summed E-state index contributed by atoms with van der Waals surface area (Å²) in [6.45, 7) is 5.83. The third kappa shape index (κ3) is 4.71. The lowest BCUT2D eigenvalue weighted by atomic mass is 10.4. The first-order valence-corrected chi connectivity index (χ1v) is 7.72. The summed E-state index contributed by atoms with van der Waals surface area (Å²) in [6.07, 6.45) is 0. The van der Waals surface area contributed by atoms with Crippen molar-refractivity contribution in [1.29, 1.82) is 0 Å². The van der Waals surface area contributed by atoms with Crippen molar-refractivity contribution < 1.29 is 4.79 Å². The van der Waals surface area contributed by atoms with Crippen LogP contribution in [0, 0.1) is 6.92 Å². The maximum Gasteiger partial charge on any atom is 0.261 e. The Balaban J connectivity index is 1.79. The highest BCUT2D eigenvalue weighted by atomic mass is 32.1. The predicted molar refractivity (Wildman–Crippen MR) is 86.1 cm³/mol. The van der Waals surface area contributed by atoms with Crippen LogP contribution in [0.5, 0.6) is 0 Å². The Kier molecular flexibility index (Phi) is 5.51. The fourth-order valence-corrected chi connectivity index (χ4v) is 2.43. The lowest BCUT2D eigenvalue weighted by Crippen LogP contribution is -2.28. The van der Waals surface area contributed by atoms with Gasteiger partial charge in [0.2, 0.25) is 0 Å². The summed E-state index contributed by atoms with van der Waals surface area (Å²) in [5.41, 5.74) is 0. The molecule has 0 radical (unpaired) electrons. The van der Waals surface area contributed by atoms with Crippen molar-refractivity contribution >= 4 is 28.9 Å². The molecule has 0 atom stereocenters. The number of rotatable bonds is 7. The van der Waals surface area contributed by atoms with Gasteiger partial charge in [0, 0.05) is 25.7 Å². The maximum absolute atomic E-state index is 11.7. The van der Waals surface area contributed by atoms with Crippen molar-refractivity contribution in [2.75, 3.05) is 30.3 Å². The van der Waals surface area contributed by atoms with E-state index in [2.05, 4.69) is 25.9 Å². The van der Waals surface area contributed by atoms with Crippen molar-refractivity contribution in [3.63, 3.8) is 0 Å². The molecule has 2 aromatic heterocycles. The number of nitrogens with one attached hydrogen (secondary N) is 3. The van der Waals surface area contributed by atoms with Crippen LogP contribution < -0.4 is 16.0 Å². The molecule has 7 heteroatoms. The third-order valence-electron chi connectivity index (χ3n) is 2.66. The largest absolute Gasteiger partial charge is 0.370 e. The van der Waals surface area contributed by atoms with Gasteiger partial charge in [0.15, 0.2) is 0 Å². The number of carbonyl (C=O) groups is 1. The molecule has 0 aliphatic carbocycles. The van der Waals surface area contributed by atoms with Gasteiger partial charge >= 0.3 is 0 Å². The molecule has 112 valence electrons. The van der Waals surface area contributed by atoms with Gasteiger partial charge in [-0.05, 0) is 25.3 Å². The normalized spacial score (nSPS) is 10.2. The third-order valence-corrected chi connectivity index (χ3v) is 3.53. The highest BCUT2D eigenvalue weighted by molar-refractivity contribution is 7.12. The fourth-order valence-electron chi connectivity index (χ4n) is 1.79. The average Bonchev–Trinajstić information content (AvgIpc) is 2.97. The molecular formula is C14H19N5OS. The van der Waals surface area contributed by atoms with Gasteiger partial charge in [-0.3, -0.25) is 4.79 Å². The average molecular weight is 305 g/mol. The van der Waals surface area contributed by atoms with Gasteiger partial charge in [-0.2, -0.15) is 0 Å². The number of thiophene rings is 1. The summed E-state index contributed by atoms with van der Waals surface area (Å²) in [6, 6.07) is 5.53. The first-order chi connectivity index (χ1) is 10.2. The smallest absolute Gasteiger partial charge is 0.261 e. The molecule has 2 aromatic rings.